The fourth-order valence-electron chi connectivity index (χ4n) is 1.45. The van der Waals surface area contributed by atoms with Gasteiger partial charge in [0.25, 0.3) is 5.91 Å². The van der Waals surface area contributed by atoms with E-state index in [1.165, 1.54) is 25.3 Å². The number of benzene rings is 1. The van der Waals surface area contributed by atoms with Crippen LogP contribution in [0, 0.1) is 0 Å². The summed E-state index contributed by atoms with van der Waals surface area (Å²) in [7, 11) is 1.35. The Morgan fingerprint density at radius 2 is 2.11 bits per heavy atom. The molecule has 0 spiro atoms. The highest BCUT2D eigenvalue weighted by Gasteiger charge is 2.07. The average Bonchev–Trinajstić information content (AvgIpc) is 2.40. The van der Waals surface area contributed by atoms with E-state index in [-0.39, 0.29) is 22.6 Å². The second-order valence-electron chi connectivity index (χ2n) is 3.96. The third kappa shape index (κ3) is 5.18. The molecule has 0 aliphatic carbocycles. The number of ether oxygens (including phenoxy) is 1. The molecule has 1 rings (SSSR count). The number of carbonyl (C=O) groups excluding carboxylic acids is 2. The topological polar surface area (TPSA) is 75.6 Å². The van der Waals surface area contributed by atoms with E-state index in [2.05, 4.69) is 10.1 Å². The molecule has 0 saturated heterocycles. The number of hydrogen-bond donors (Lipinski definition) is 2. The molecule has 0 aliphatic heterocycles. The SMILES string of the molecule is COC(=O)CCCCNC(=O)c1ccc(O)c(Cl)c1. The van der Waals surface area contributed by atoms with E-state index < -0.39 is 0 Å². The Labute approximate surface area is 116 Å². The molecule has 0 bridgehead atoms. The molecule has 5 nitrogen and oxygen atoms in total. The van der Waals surface area contributed by atoms with Crippen LogP contribution in [0.15, 0.2) is 18.2 Å². The van der Waals surface area contributed by atoms with Crippen LogP contribution in [0.3, 0.4) is 0 Å². The van der Waals surface area contributed by atoms with Crippen LogP contribution in [0.25, 0.3) is 0 Å². The van der Waals surface area contributed by atoms with Crippen LogP contribution >= 0.6 is 11.6 Å². The van der Waals surface area contributed by atoms with Gasteiger partial charge in [0.05, 0.1) is 12.1 Å². The maximum absolute atomic E-state index is 11.7. The van der Waals surface area contributed by atoms with E-state index in [1.807, 2.05) is 0 Å². The van der Waals surface area contributed by atoms with Gasteiger partial charge in [0.1, 0.15) is 5.75 Å². The van der Waals surface area contributed by atoms with Crippen molar-refractivity contribution in [3.8, 4) is 5.75 Å². The number of hydrogen-bond acceptors (Lipinski definition) is 4. The van der Waals surface area contributed by atoms with Crippen molar-refractivity contribution in [1.29, 1.82) is 0 Å². The molecule has 6 heteroatoms. The standard InChI is InChI=1S/C13H16ClNO4/c1-19-12(17)4-2-3-7-15-13(18)9-5-6-11(16)10(14)8-9/h5-6,8,16H,2-4,7H2,1H3,(H,15,18). The van der Waals surface area contributed by atoms with E-state index in [1.54, 1.807) is 0 Å². The summed E-state index contributed by atoms with van der Waals surface area (Å²) < 4.78 is 4.51. The van der Waals surface area contributed by atoms with E-state index in [0.29, 0.717) is 31.4 Å². The highest BCUT2D eigenvalue weighted by molar-refractivity contribution is 6.32. The Kier molecular flexibility index (Phi) is 6.15. The first-order valence-corrected chi connectivity index (χ1v) is 6.26. The highest BCUT2D eigenvalue weighted by Crippen LogP contribution is 2.23. The lowest BCUT2D eigenvalue weighted by atomic mass is 10.2. The second-order valence-corrected chi connectivity index (χ2v) is 4.36. The first kappa shape index (κ1) is 15.3. The van der Waals surface area contributed by atoms with Crippen molar-refractivity contribution in [2.45, 2.75) is 19.3 Å². The van der Waals surface area contributed by atoms with Crippen LogP contribution in [-0.2, 0) is 9.53 Å². The van der Waals surface area contributed by atoms with Gasteiger partial charge in [0.2, 0.25) is 0 Å². The molecular weight excluding hydrogens is 270 g/mol. The summed E-state index contributed by atoms with van der Waals surface area (Å²) in [5.41, 5.74) is 0.385. The summed E-state index contributed by atoms with van der Waals surface area (Å²) in [6, 6.07) is 4.26. The molecule has 0 atom stereocenters. The summed E-state index contributed by atoms with van der Waals surface area (Å²) in [4.78, 5) is 22.6. The molecule has 0 aliphatic rings. The van der Waals surface area contributed by atoms with Crippen molar-refractivity contribution in [1.82, 2.24) is 5.32 Å². The Bertz CT molecular complexity index is 462. The Balaban J connectivity index is 2.31. The molecule has 0 unspecified atom stereocenters. The minimum absolute atomic E-state index is 0.0590. The van der Waals surface area contributed by atoms with Crippen LogP contribution in [0.1, 0.15) is 29.6 Å². The monoisotopic (exact) mass is 285 g/mol. The Morgan fingerprint density at radius 1 is 1.37 bits per heavy atom. The number of rotatable bonds is 6. The number of phenolic OH excluding ortho intramolecular Hbond substituents is 1. The number of esters is 1. The van der Waals surface area contributed by atoms with Crippen molar-refractivity contribution in [2.24, 2.45) is 0 Å². The molecule has 0 saturated carbocycles. The van der Waals surface area contributed by atoms with Gasteiger partial charge in [-0.25, -0.2) is 0 Å². The molecule has 0 radical (unpaired) electrons. The van der Waals surface area contributed by atoms with E-state index >= 15 is 0 Å². The molecular formula is C13H16ClNO4. The molecule has 1 aromatic carbocycles. The molecule has 1 aromatic rings. The van der Waals surface area contributed by atoms with Gasteiger partial charge >= 0.3 is 5.97 Å². The number of nitrogens with one attached hydrogen (secondary N) is 1. The van der Waals surface area contributed by atoms with Gasteiger partial charge in [-0.1, -0.05) is 11.6 Å². The summed E-state index contributed by atoms with van der Waals surface area (Å²) >= 11 is 5.71. The fraction of sp³-hybridized carbons (Fsp3) is 0.385. The van der Waals surface area contributed by atoms with Crippen molar-refractivity contribution in [3.63, 3.8) is 0 Å². The number of aromatic hydroxyl groups is 1. The number of halogens is 1. The fourth-order valence-corrected chi connectivity index (χ4v) is 1.63. The minimum Gasteiger partial charge on any atom is -0.506 e. The van der Waals surface area contributed by atoms with E-state index in [9.17, 15) is 14.7 Å². The van der Waals surface area contributed by atoms with Gasteiger partial charge < -0.3 is 15.2 Å². The number of phenols is 1. The molecule has 0 heterocycles. The maximum Gasteiger partial charge on any atom is 0.305 e. The Morgan fingerprint density at radius 3 is 2.74 bits per heavy atom. The summed E-state index contributed by atoms with van der Waals surface area (Å²) in [5.74, 6) is -0.576. The van der Waals surface area contributed by atoms with Gasteiger partial charge in [0, 0.05) is 18.5 Å². The van der Waals surface area contributed by atoms with Crippen LogP contribution in [-0.4, -0.2) is 30.6 Å². The van der Waals surface area contributed by atoms with E-state index in [0.717, 1.165) is 0 Å². The average molecular weight is 286 g/mol. The Hall–Kier alpha value is -1.75. The first-order chi connectivity index (χ1) is 9.04. The summed E-state index contributed by atoms with van der Waals surface area (Å²) in [6.07, 6.45) is 1.69. The molecule has 19 heavy (non-hydrogen) atoms. The molecule has 1 amide bonds. The van der Waals surface area contributed by atoms with Gasteiger partial charge in [-0.05, 0) is 31.0 Å². The predicted octanol–water partition coefficient (Wildman–Crippen LogP) is 2.12. The van der Waals surface area contributed by atoms with Crippen molar-refractivity contribution >= 4 is 23.5 Å². The smallest absolute Gasteiger partial charge is 0.305 e. The zero-order valence-electron chi connectivity index (χ0n) is 10.6. The third-order valence-electron chi connectivity index (χ3n) is 2.53. The van der Waals surface area contributed by atoms with Gasteiger partial charge in [-0.15, -0.1) is 0 Å². The van der Waals surface area contributed by atoms with Crippen molar-refractivity contribution in [3.05, 3.63) is 28.8 Å². The lowest BCUT2D eigenvalue weighted by molar-refractivity contribution is -0.140. The normalized spacial score (nSPS) is 10.0. The van der Waals surface area contributed by atoms with Gasteiger partial charge in [0.15, 0.2) is 0 Å². The van der Waals surface area contributed by atoms with Crippen LogP contribution in [0.4, 0.5) is 0 Å². The summed E-state index contributed by atoms with van der Waals surface area (Å²) in [5, 5.41) is 12.1. The molecule has 0 aromatic heterocycles. The number of unbranched alkanes of at least 4 members (excludes halogenated alkanes) is 1. The lowest BCUT2D eigenvalue weighted by Gasteiger charge is -2.06. The van der Waals surface area contributed by atoms with Gasteiger partial charge in [-0.3, -0.25) is 9.59 Å². The third-order valence-corrected chi connectivity index (χ3v) is 2.83. The number of amides is 1. The molecule has 2 N–H and O–H groups in total. The zero-order valence-corrected chi connectivity index (χ0v) is 11.4. The maximum atomic E-state index is 11.7. The largest absolute Gasteiger partial charge is 0.506 e. The highest BCUT2D eigenvalue weighted by atomic mass is 35.5. The molecule has 104 valence electrons. The number of methoxy groups -OCH3 is 1. The van der Waals surface area contributed by atoms with Crippen LogP contribution in [0.2, 0.25) is 5.02 Å². The van der Waals surface area contributed by atoms with Crippen LogP contribution in [0.5, 0.6) is 5.75 Å². The second kappa shape index (κ2) is 7.63. The molecule has 0 fully saturated rings. The first-order valence-electron chi connectivity index (χ1n) is 5.88. The lowest BCUT2D eigenvalue weighted by Crippen LogP contribution is -2.24. The quantitative estimate of drug-likeness (QED) is 0.620. The predicted molar refractivity (Wildman–Crippen MR) is 71.3 cm³/mol. The minimum atomic E-state index is -0.264. The zero-order chi connectivity index (χ0) is 14.3. The van der Waals surface area contributed by atoms with Crippen molar-refractivity contribution < 1.29 is 19.4 Å². The summed E-state index contributed by atoms with van der Waals surface area (Å²) in [6.45, 7) is 0.467. The van der Waals surface area contributed by atoms with Crippen LogP contribution < -0.4 is 5.32 Å². The van der Waals surface area contributed by atoms with Gasteiger partial charge in [-0.2, -0.15) is 0 Å². The van der Waals surface area contributed by atoms with E-state index in [4.69, 9.17) is 11.6 Å². The number of carbonyl (C=O) groups is 2. The van der Waals surface area contributed by atoms with Crippen molar-refractivity contribution in [2.75, 3.05) is 13.7 Å².